The summed E-state index contributed by atoms with van der Waals surface area (Å²) < 4.78 is 25.4. The first-order valence-electron chi connectivity index (χ1n) is 11.2. The fourth-order valence-electron chi connectivity index (χ4n) is 3.67. The topological polar surface area (TPSA) is 98.7 Å². The van der Waals surface area contributed by atoms with E-state index in [0.717, 1.165) is 12.8 Å². The Morgan fingerprint density at radius 3 is 2.43 bits per heavy atom. The lowest BCUT2D eigenvalue weighted by molar-refractivity contribution is -0.119. The third-order valence-corrected chi connectivity index (χ3v) is 5.77. The van der Waals surface area contributed by atoms with Crippen molar-refractivity contribution in [1.82, 2.24) is 9.88 Å². The molecule has 0 radical (unpaired) electrons. The maximum Gasteiger partial charge on any atom is 0.256 e. The number of hydrogen-bond donors (Lipinski definition) is 2. The van der Waals surface area contributed by atoms with Gasteiger partial charge in [0.15, 0.2) is 5.78 Å². The number of ether oxygens (including phenoxy) is 2. The van der Waals surface area contributed by atoms with Gasteiger partial charge in [0.05, 0.1) is 32.0 Å². The quantitative estimate of drug-likeness (QED) is 0.434. The average Bonchev–Trinajstić information content (AvgIpc) is 3.70. The minimum absolute atomic E-state index is 0.122. The zero-order valence-corrected chi connectivity index (χ0v) is 19.5. The van der Waals surface area contributed by atoms with E-state index in [9.17, 15) is 18.8 Å². The van der Waals surface area contributed by atoms with Gasteiger partial charge in [-0.05, 0) is 61.2 Å². The fourth-order valence-corrected chi connectivity index (χ4v) is 3.67. The molecule has 0 unspecified atom stereocenters. The molecule has 4 rings (SSSR count). The maximum absolute atomic E-state index is 13.4. The van der Waals surface area contributed by atoms with Crippen LogP contribution in [0.2, 0.25) is 0 Å². The smallest absolute Gasteiger partial charge is 0.256 e. The standard InChI is InChI=1S/C26H26FN3O5/c1-34-19-9-11-21(22(13-19)35-2)30-24(32)12-10-20(25(33)17-5-7-18(27)8-6-17)26(30)29-15-23(31)28-14-16-3-4-16/h5-13,16,29H,3-4,14-15H2,1-2H3,(H,28,31). The molecule has 8 nitrogen and oxygen atoms in total. The molecular weight excluding hydrogens is 453 g/mol. The predicted octanol–water partition coefficient (Wildman–Crippen LogP) is 3.16. The van der Waals surface area contributed by atoms with E-state index in [0.29, 0.717) is 29.6 Å². The number of nitrogens with one attached hydrogen (secondary N) is 2. The lowest BCUT2D eigenvalue weighted by Crippen LogP contribution is -2.33. The van der Waals surface area contributed by atoms with Crippen molar-refractivity contribution in [2.24, 2.45) is 5.92 Å². The van der Waals surface area contributed by atoms with Crippen LogP contribution in [-0.2, 0) is 4.79 Å². The van der Waals surface area contributed by atoms with Gasteiger partial charge in [-0.15, -0.1) is 0 Å². The number of pyridine rings is 1. The van der Waals surface area contributed by atoms with Gasteiger partial charge >= 0.3 is 0 Å². The Balaban J connectivity index is 1.79. The first-order chi connectivity index (χ1) is 16.9. The number of nitrogens with zero attached hydrogens (tertiary/aromatic N) is 1. The molecule has 0 spiro atoms. The summed E-state index contributed by atoms with van der Waals surface area (Å²) in [7, 11) is 2.96. The fraction of sp³-hybridized carbons (Fsp3) is 0.269. The Labute approximate surface area is 201 Å². The molecule has 0 aliphatic heterocycles. The molecule has 1 aliphatic rings. The van der Waals surface area contributed by atoms with Crippen LogP contribution in [0.4, 0.5) is 10.2 Å². The summed E-state index contributed by atoms with van der Waals surface area (Å²) in [6.45, 7) is 0.439. The Hall–Kier alpha value is -4.14. The molecular formula is C26H26FN3O5. The van der Waals surface area contributed by atoms with Gasteiger partial charge in [0.25, 0.3) is 5.56 Å². The number of ketones is 1. The SMILES string of the molecule is COc1ccc(-n2c(NCC(=O)NCC3CC3)c(C(=O)c3ccc(F)cc3)ccc2=O)c(OC)c1. The van der Waals surface area contributed by atoms with E-state index >= 15 is 0 Å². The van der Waals surface area contributed by atoms with E-state index in [1.54, 1.807) is 18.2 Å². The third kappa shape index (κ3) is 5.51. The van der Waals surface area contributed by atoms with Gasteiger partial charge in [-0.25, -0.2) is 4.39 Å². The van der Waals surface area contributed by atoms with Gasteiger partial charge in [0.2, 0.25) is 5.91 Å². The highest BCUT2D eigenvalue weighted by Gasteiger charge is 2.23. The van der Waals surface area contributed by atoms with Crippen molar-refractivity contribution in [3.05, 3.63) is 81.9 Å². The van der Waals surface area contributed by atoms with Crippen LogP contribution in [0.25, 0.3) is 5.69 Å². The van der Waals surface area contributed by atoms with Crippen molar-refractivity contribution in [1.29, 1.82) is 0 Å². The van der Waals surface area contributed by atoms with Crippen LogP contribution in [0.15, 0.2) is 59.4 Å². The predicted molar refractivity (Wildman–Crippen MR) is 129 cm³/mol. The molecule has 0 atom stereocenters. The van der Waals surface area contributed by atoms with Crippen LogP contribution in [0.5, 0.6) is 11.5 Å². The van der Waals surface area contributed by atoms with Crippen molar-refractivity contribution in [3.8, 4) is 17.2 Å². The normalized spacial score (nSPS) is 12.7. The van der Waals surface area contributed by atoms with Crippen LogP contribution in [0.3, 0.4) is 0 Å². The number of aromatic nitrogens is 1. The molecule has 1 aromatic heterocycles. The first-order valence-corrected chi connectivity index (χ1v) is 11.2. The van der Waals surface area contributed by atoms with E-state index in [1.165, 1.54) is 55.2 Å². The number of rotatable bonds is 10. The molecule has 0 saturated heterocycles. The zero-order chi connectivity index (χ0) is 24.9. The van der Waals surface area contributed by atoms with Crippen LogP contribution >= 0.6 is 0 Å². The van der Waals surface area contributed by atoms with Crippen molar-refractivity contribution < 1.29 is 23.5 Å². The molecule has 182 valence electrons. The molecule has 2 aromatic carbocycles. The molecule has 0 bridgehead atoms. The molecule has 3 aromatic rings. The van der Waals surface area contributed by atoms with E-state index in [-0.39, 0.29) is 29.4 Å². The Kier molecular flexibility index (Phi) is 7.14. The molecule has 1 amide bonds. The summed E-state index contributed by atoms with van der Waals surface area (Å²) in [6, 6.07) is 12.7. The van der Waals surface area contributed by atoms with Crippen molar-refractivity contribution in [3.63, 3.8) is 0 Å². The Morgan fingerprint density at radius 1 is 1.03 bits per heavy atom. The van der Waals surface area contributed by atoms with Gasteiger partial charge in [-0.1, -0.05) is 0 Å². The number of benzene rings is 2. The molecule has 1 aliphatic carbocycles. The molecule has 1 fully saturated rings. The second-order valence-corrected chi connectivity index (χ2v) is 8.24. The number of hydrogen-bond acceptors (Lipinski definition) is 6. The van der Waals surface area contributed by atoms with Gasteiger partial charge in [0.1, 0.15) is 23.1 Å². The number of halogens is 1. The molecule has 1 saturated carbocycles. The summed E-state index contributed by atoms with van der Waals surface area (Å²) >= 11 is 0. The minimum atomic E-state index is -0.472. The van der Waals surface area contributed by atoms with Crippen molar-refractivity contribution in [2.75, 3.05) is 32.6 Å². The van der Waals surface area contributed by atoms with Crippen LogP contribution in [0.1, 0.15) is 28.8 Å². The molecule has 1 heterocycles. The number of carbonyl (C=O) groups excluding carboxylic acids is 2. The Morgan fingerprint density at radius 2 is 1.77 bits per heavy atom. The van der Waals surface area contributed by atoms with Gasteiger partial charge in [-0.3, -0.25) is 19.0 Å². The Bertz CT molecular complexity index is 1300. The number of carbonyl (C=O) groups is 2. The van der Waals surface area contributed by atoms with Crippen molar-refractivity contribution >= 4 is 17.5 Å². The third-order valence-electron chi connectivity index (χ3n) is 5.77. The van der Waals surface area contributed by atoms with E-state index in [1.807, 2.05) is 0 Å². The van der Waals surface area contributed by atoms with Crippen LogP contribution in [-0.4, -0.2) is 43.6 Å². The van der Waals surface area contributed by atoms with Gasteiger partial charge in [-0.2, -0.15) is 0 Å². The summed E-state index contributed by atoms with van der Waals surface area (Å²) in [6.07, 6.45) is 2.19. The monoisotopic (exact) mass is 479 g/mol. The highest BCUT2D eigenvalue weighted by atomic mass is 19.1. The summed E-state index contributed by atoms with van der Waals surface area (Å²) in [5.74, 6) is 0.309. The summed E-state index contributed by atoms with van der Waals surface area (Å²) in [5, 5.41) is 5.83. The first kappa shape index (κ1) is 24.0. The van der Waals surface area contributed by atoms with Crippen molar-refractivity contribution in [2.45, 2.75) is 12.8 Å². The molecule has 35 heavy (non-hydrogen) atoms. The largest absolute Gasteiger partial charge is 0.497 e. The highest BCUT2D eigenvalue weighted by molar-refractivity contribution is 6.12. The van der Waals surface area contributed by atoms with E-state index in [2.05, 4.69) is 10.6 Å². The average molecular weight is 480 g/mol. The minimum Gasteiger partial charge on any atom is -0.497 e. The van der Waals surface area contributed by atoms with E-state index < -0.39 is 17.2 Å². The molecule has 9 heteroatoms. The summed E-state index contributed by atoms with van der Waals surface area (Å²) in [5.41, 5.74) is 0.293. The second-order valence-electron chi connectivity index (χ2n) is 8.24. The number of amides is 1. The summed E-state index contributed by atoms with van der Waals surface area (Å²) in [4.78, 5) is 38.9. The highest BCUT2D eigenvalue weighted by Crippen LogP contribution is 2.31. The molecule has 2 N–H and O–H groups in total. The van der Waals surface area contributed by atoms with Crippen LogP contribution in [0, 0.1) is 11.7 Å². The van der Waals surface area contributed by atoms with Gasteiger partial charge in [0, 0.05) is 24.2 Å². The lowest BCUT2D eigenvalue weighted by atomic mass is 10.0. The van der Waals surface area contributed by atoms with E-state index in [4.69, 9.17) is 9.47 Å². The number of methoxy groups -OCH3 is 2. The lowest BCUT2D eigenvalue weighted by Gasteiger charge is -2.20. The number of anilines is 1. The maximum atomic E-state index is 13.4. The second kappa shape index (κ2) is 10.4. The zero-order valence-electron chi connectivity index (χ0n) is 19.5. The van der Waals surface area contributed by atoms with Crippen LogP contribution < -0.4 is 25.7 Å². The van der Waals surface area contributed by atoms with Gasteiger partial charge < -0.3 is 20.1 Å².